The second-order valence-electron chi connectivity index (χ2n) is 17.9. The second-order valence-corrected chi connectivity index (χ2v) is 23.3. The molecule has 7 atom stereocenters. The van der Waals surface area contributed by atoms with Gasteiger partial charge in [0.05, 0.1) is 19.5 Å². The fourth-order valence-electron chi connectivity index (χ4n) is 7.54. The first-order chi connectivity index (χ1) is 33.3. The number of aliphatic hydroxyl groups is 2. The average molecular weight is 1090 g/mol. The van der Waals surface area contributed by atoms with Crippen LogP contribution in [-0.4, -0.2) is 123 Å². The van der Waals surface area contributed by atoms with Gasteiger partial charge in [0, 0.05) is 49.9 Å². The van der Waals surface area contributed by atoms with Gasteiger partial charge < -0.3 is 55.3 Å². The number of carbonyl (C=O) groups is 3. The molecule has 3 aromatic rings. The van der Waals surface area contributed by atoms with Crippen LogP contribution in [0.1, 0.15) is 127 Å². The number of nitrogens with one attached hydrogen (secondary N) is 2. The zero-order valence-electron chi connectivity index (χ0n) is 40.7. The third-order valence-electron chi connectivity index (χ3n) is 11.7. The number of ether oxygens (including phenoxy) is 1. The molecule has 1 aliphatic heterocycles. The number of phosphoric acid groups is 3. The van der Waals surface area contributed by atoms with Crippen LogP contribution >= 0.6 is 35.2 Å². The van der Waals surface area contributed by atoms with Gasteiger partial charge in [-0.15, -0.1) is 0 Å². The second kappa shape index (κ2) is 27.9. The molecule has 4 rings (SSSR count). The van der Waals surface area contributed by atoms with Gasteiger partial charge >= 0.3 is 23.5 Å². The Hall–Kier alpha value is -3.16. The molecule has 1 fully saturated rings. The Bertz CT molecular complexity index is 2370. The number of hydrogen-bond donors (Lipinski definition) is 9. The number of phosphoric ester groups is 3. The number of imidazole rings is 1. The van der Waals surface area contributed by atoms with E-state index in [9.17, 15) is 57.9 Å². The highest BCUT2D eigenvalue weighted by atomic mass is 32.2. The van der Waals surface area contributed by atoms with E-state index in [1.165, 1.54) is 37.8 Å². The zero-order chi connectivity index (χ0) is 52.6. The van der Waals surface area contributed by atoms with Crippen molar-refractivity contribution in [2.45, 2.75) is 155 Å². The van der Waals surface area contributed by atoms with Crippen LogP contribution in [0.4, 0.5) is 5.82 Å². The summed E-state index contributed by atoms with van der Waals surface area (Å²) >= 11 is 1.14. The first kappa shape index (κ1) is 60.4. The van der Waals surface area contributed by atoms with Gasteiger partial charge in [0.25, 0.3) is 0 Å². The Morgan fingerprint density at radius 3 is 2.14 bits per heavy atom. The average Bonchev–Trinajstić information content (AvgIpc) is 3.94. The Kier molecular flexibility index (Phi) is 23.8. The summed E-state index contributed by atoms with van der Waals surface area (Å²) in [6, 6.07) is 0. The molecule has 1 aliphatic rings. The van der Waals surface area contributed by atoms with Gasteiger partial charge in [-0.05, 0) is 44.2 Å². The van der Waals surface area contributed by atoms with Gasteiger partial charge in [0.1, 0.15) is 47.8 Å². The maximum atomic E-state index is 12.8. The molecule has 0 bridgehead atoms. The van der Waals surface area contributed by atoms with Crippen molar-refractivity contribution in [1.82, 2.24) is 30.2 Å². The standard InChI is InChI=1S/C42H70N7O18P3S/c1-6-7-13-16-29-27(2)28(3)30(64-29)17-14-11-9-8-10-12-15-18-33(51)71-22-21-44-32(50)19-20-45-40(54)37(53)42(4,5)24-63-70(60,61)67-69(58,59)62-23-31-36(66-68(55,56)57)35(52)41(65-31)49-26-48-34-38(43)46-25-47-39(34)49/h25-26,31,35-37,41,52-53H,6-24H2,1-5H3,(H,44,50)(H,45,54)(H,58,59)(H,60,61)(H2,43,46,47)(H2,55,56,57). The van der Waals surface area contributed by atoms with Crippen LogP contribution in [0.2, 0.25) is 0 Å². The third kappa shape index (κ3) is 19.6. The van der Waals surface area contributed by atoms with E-state index in [1.54, 1.807) is 0 Å². The van der Waals surface area contributed by atoms with E-state index in [0.717, 1.165) is 105 Å². The highest BCUT2D eigenvalue weighted by Gasteiger charge is 2.50. The molecule has 29 heteroatoms. The molecule has 402 valence electrons. The fourth-order valence-corrected chi connectivity index (χ4v) is 11.1. The van der Waals surface area contributed by atoms with Crippen LogP contribution in [0.5, 0.6) is 0 Å². The molecule has 1 saturated heterocycles. The van der Waals surface area contributed by atoms with Crippen LogP contribution in [0.3, 0.4) is 0 Å². The van der Waals surface area contributed by atoms with Crippen LogP contribution in [0.15, 0.2) is 17.1 Å². The number of aryl methyl sites for hydroxylation is 2. The lowest BCUT2D eigenvalue weighted by Crippen LogP contribution is -2.46. The van der Waals surface area contributed by atoms with Gasteiger partial charge in [-0.25, -0.2) is 28.6 Å². The zero-order valence-corrected chi connectivity index (χ0v) is 44.2. The van der Waals surface area contributed by atoms with E-state index in [-0.39, 0.29) is 41.6 Å². The first-order valence-corrected chi connectivity index (χ1v) is 29.0. The summed E-state index contributed by atoms with van der Waals surface area (Å²) in [6.07, 6.45) is 6.47. The van der Waals surface area contributed by atoms with Gasteiger partial charge in [-0.3, -0.25) is 32.5 Å². The number of hydrogen-bond acceptors (Lipinski definition) is 19. The van der Waals surface area contributed by atoms with Crippen molar-refractivity contribution in [3.05, 3.63) is 35.3 Å². The van der Waals surface area contributed by atoms with E-state index in [4.69, 9.17) is 23.9 Å². The van der Waals surface area contributed by atoms with Crippen LogP contribution in [-0.2, 0) is 63.5 Å². The van der Waals surface area contributed by atoms with Crippen molar-refractivity contribution < 1.29 is 84.9 Å². The summed E-state index contributed by atoms with van der Waals surface area (Å²) in [5, 5.41) is 26.7. The van der Waals surface area contributed by atoms with E-state index >= 15 is 0 Å². The van der Waals surface area contributed by atoms with Crippen molar-refractivity contribution in [2.24, 2.45) is 5.41 Å². The summed E-state index contributed by atoms with van der Waals surface area (Å²) in [5.74, 6) is 1.22. The molecule has 3 aromatic heterocycles. The lowest BCUT2D eigenvalue weighted by atomic mass is 9.87. The van der Waals surface area contributed by atoms with Gasteiger partial charge in [-0.2, -0.15) is 4.31 Å². The number of aliphatic hydroxyl groups excluding tert-OH is 2. The topological polar surface area (TPSA) is 377 Å². The Labute approximate surface area is 416 Å². The number of nitrogen functional groups attached to an aromatic ring is 1. The minimum absolute atomic E-state index is 0.0316. The number of aromatic nitrogens is 4. The molecule has 10 N–H and O–H groups in total. The number of furan rings is 1. The highest BCUT2D eigenvalue weighted by Crippen LogP contribution is 2.61. The van der Waals surface area contributed by atoms with Gasteiger partial charge in [0.2, 0.25) is 11.8 Å². The number of amides is 2. The molecule has 0 aromatic carbocycles. The lowest BCUT2D eigenvalue weighted by Gasteiger charge is -2.30. The molecule has 0 aliphatic carbocycles. The largest absolute Gasteiger partial charge is 0.481 e. The maximum Gasteiger partial charge on any atom is 0.481 e. The Balaban J connectivity index is 1.07. The van der Waals surface area contributed by atoms with Crippen molar-refractivity contribution in [1.29, 1.82) is 0 Å². The first-order valence-electron chi connectivity index (χ1n) is 23.5. The molecular weight excluding hydrogens is 1020 g/mol. The molecule has 2 amide bonds. The predicted octanol–water partition coefficient (Wildman–Crippen LogP) is 4.97. The maximum absolute atomic E-state index is 12.8. The van der Waals surface area contributed by atoms with Crippen LogP contribution in [0, 0.1) is 19.3 Å². The molecular formula is C42H70N7O18P3S. The fraction of sp³-hybridized carbons (Fsp3) is 0.714. The molecule has 25 nitrogen and oxygen atoms in total. The van der Waals surface area contributed by atoms with Crippen molar-refractivity contribution in [3.8, 4) is 0 Å². The number of thioether (sulfide) groups is 1. The molecule has 0 radical (unpaired) electrons. The van der Waals surface area contributed by atoms with E-state index in [1.807, 2.05) is 0 Å². The highest BCUT2D eigenvalue weighted by molar-refractivity contribution is 8.13. The number of nitrogens with two attached hydrogens (primary N) is 1. The van der Waals surface area contributed by atoms with Crippen LogP contribution < -0.4 is 16.4 Å². The summed E-state index contributed by atoms with van der Waals surface area (Å²) in [4.78, 5) is 88.6. The Morgan fingerprint density at radius 1 is 0.873 bits per heavy atom. The number of unbranched alkanes of at least 4 members (excludes halogenated alkanes) is 8. The van der Waals surface area contributed by atoms with Crippen molar-refractivity contribution in [3.63, 3.8) is 0 Å². The minimum atomic E-state index is -5.58. The summed E-state index contributed by atoms with van der Waals surface area (Å²) in [7, 11) is -16.4. The van der Waals surface area contributed by atoms with E-state index in [2.05, 4.69) is 55.2 Å². The molecule has 0 spiro atoms. The molecule has 71 heavy (non-hydrogen) atoms. The van der Waals surface area contributed by atoms with E-state index in [0.29, 0.717) is 12.2 Å². The third-order valence-corrected chi connectivity index (χ3v) is 15.7. The number of fused-ring (bicyclic) bond motifs is 1. The van der Waals surface area contributed by atoms with Crippen LogP contribution in [0.25, 0.3) is 11.2 Å². The quantitative estimate of drug-likeness (QED) is 0.0287. The smallest absolute Gasteiger partial charge is 0.466 e. The lowest BCUT2D eigenvalue weighted by molar-refractivity contribution is -0.137. The number of anilines is 1. The molecule has 7 unspecified atom stereocenters. The summed E-state index contributed by atoms with van der Waals surface area (Å²) in [6.45, 7) is 7.06. The van der Waals surface area contributed by atoms with Crippen molar-refractivity contribution in [2.75, 3.05) is 37.8 Å². The van der Waals surface area contributed by atoms with Crippen molar-refractivity contribution >= 4 is 69.1 Å². The normalized spacial score (nSPS) is 19.6. The predicted molar refractivity (Wildman–Crippen MR) is 259 cm³/mol. The molecule has 4 heterocycles. The van der Waals surface area contributed by atoms with E-state index < -0.39 is 84.6 Å². The number of rotatable bonds is 33. The minimum Gasteiger partial charge on any atom is -0.466 e. The number of carbonyl (C=O) groups excluding carboxylic acids is 3. The van der Waals surface area contributed by atoms with Gasteiger partial charge in [0.15, 0.2) is 22.8 Å². The molecule has 0 saturated carbocycles. The summed E-state index contributed by atoms with van der Waals surface area (Å²) in [5.41, 5.74) is 6.87. The SMILES string of the molecule is CCCCCc1oc(CCCCCCCCCC(=O)SCCNC(=O)CCNC(=O)C(O)C(C)(C)COP(=O)(O)OP(=O)(O)OCC2OC(n3cnc4c(N)ncnc43)C(O)C2OP(=O)(O)O)c(C)c1C. The van der Waals surface area contributed by atoms with Gasteiger partial charge in [-0.1, -0.05) is 77.5 Å². The monoisotopic (exact) mass is 1090 g/mol. The summed E-state index contributed by atoms with van der Waals surface area (Å²) < 4.78 is 68.7. The number of nitrogens with zero attached hydrogens (tertiary/aromatic N) is 4. The Morgan fingerprint density at radius 2 is 1.49 bits per heavy atom.